The fourth-order valence-corrected chi connectivity index (χ4v) is 3.80. The van der Waals surface area contributed by atoms with Gasteiger partial charge >= 0.3 is 0 Å². The lowest BCUT2D eigenvalue weighted by molar-refractivity contribution is -0.141. The lowest BCUT2D eigenvalue weighted by Crippen LogP contribution is -2.51. The first-order chi connectivity index (χ1) is 15.3. The van der Waals surface area contributed by atoms with Gasteiger partial charge in [0.1, 0.15) is 6.04 Å². The number of nitrogens with zero attached hydrogens (tertiary/aromatic N) is 1. The Morgan fingerprint density at radius 2 is 1.47 bits per heavy atom. The molecule has 2 atom stereocenters. The highest BCUT2D eigenvalue weighted by atomic mass is 16.2. The second kappa shape index (κ2) is 13.0. The molecule has 0 unspecified atom stereocenters. The van der Waals surface area contributed by atoms with Crippen molar-refractivity contribution in [3.05, 3.63) is 71.3 Å². The molecule has 0 aromatic heterocycles. The Bertz CT molecular complexity index is 830. The molecule has 4 heteroatoms. The maximum Gasteiger partial charge on any atom is 0.243 e. The number of hydrogen-bond donors (Lipinski definition) is 1. The van der Waals surface area contributed by atoms with E-state index in [1.54, 1.807) is 4.90 Å². The van der Waals surface area contributed by atoms with Crippen molar-refractivity contribution in [2.75, 3.05) is 6.54 Å². The monoisotopic (exact) mass is 436 g/mol. The molecule has 0 aliphatic carbocycles. The quantitative estimate of drug-likeness (QED) is 0.477. The Morgan fingerprint density at radius 3 is 2.03 bits per heavy atom. The molecule has 0 bridgehead atoms. The first-order valence-electron chi connectivity index (χ1n) is 12.1. The second-order valence-corrected chi connectivity index (χ2v) is 8.96. The van der Waals surface area contributed by atoms with Crippen LogP contribution in [0.25, 0.3) is 0 Å². The van der Waals surface area contributed by atoms with E-state index in [0.29, 0.717) is 31.7 Å². The van der Waals surface area contributed by atoms with E-state index in [1.807, 2.05) is 32.0 Å². The van der Waals surface area contributed by atoms with Crippen LogP contribution in [0.5, 0.6) is 0 Å². The third-order valence-electron chi connectivity index (χ3n) is 6.15. The number of carbonyl (C=O) groups excluding carboxylic acids is 2. The topological polar surface area (TPSA) is 49.4 Å². The largest absolute Gasteiger partial charge is 0.352 e. The van der Waals surface area contributed by atoms with Crippen LogP contribution < -0.4 is 5.32 Å². The maximum absolute atomic E-state index is 13.3. The number of carbonyl (C=O) groups is 2. The van der Waals surface area contributed by atoms with Crippen LogP contribution in [-0.4, -0.2) is 35.3 Å². The summed E-state index contributed by atoms with van der Waals surface area (Å²) in [5.74, 6) is 0.484. The summed E-state index contributed by atoms with van der Waals surface area (Å²) in [4.78, 5) is 28.1. The highest BCUT2D eigenvalue weighted by Gasteiger charge is 2.28. The van der Waals surface area contributed by atoms with Gasteiger partial charge in [0.15, 0.2) is 0 Å². The predicted molar refractivity (Wildman–Crippen MR) is 133 cm³/mol. The first-order valence-corrected chi connectivity index (χ1v) is 12.1. The lowest BCUT2D eigenvalue weighted by Gasteiger charge is -2.31. The van der Waals surface area contributed by atoms with E-state index in [9.17, 15) is 9.59 Å². The van der Waals surface area contributed by atoms with Crippen LogP contribution >= 0.6 is 0 Å². The zero-order valence-electron chi connectivity index (χ0n) is 20.4. The fraction of sp³-hybridized carbons (Fsp3) is 0.500. The average Bonchev–Trinajstić information content (AvgIpc) is 2.80. The molecule has 2 aromatic carbocycles. The number of hydrogen-bond acceptors (Lipinski definition) is 2. The van der Waals surface area contributed by atoms with Crippen molar-refractivity contribution in [1.29, 1.82) is 0 Å². The highest BCUT2D eigenvalue weighted by Crippen LogP contribution is 2.17. The minimum Gasteiger partial charge on any atom is -0.352 e. The molecule has 1 N–H and O–H groups in total. The number of aryl methyl sites for hydroxylation is 1. The molecule has 0 aliphatic heterocycles. The number of amides is 2. The van der Waals surface area contributed by atoms with Crippen molar-refractivity contribution >= 4 is 11.8 Å². The van der Waals surface area contributed by atoms with Crippen LogP contribution in [0.15, 0.2) is 54.6 Å². The summed E-state index contributed by atoms with van der Waals surface area (Å²) >= 11 is 0. The van der Waals surface area contributed by atoms with Gasteiger partial charge < -0.3 is 10.2 Å². The van der Waals surface area contributed by atoms with Crippen LogP contribution in [0, 0.1) is 0 Å². The van der Waals surface area contributed by atoms with Gasteiger partial charge in [-0.05, 0) is 55.2 Å². The molecule has 0 saturated heterocycles. The van der Waals surface area contributed by atoms with E-state index in [0.717, 1.165) is 18.4 Å². The molecular weight excluding hydrogens is 396 g/mol. The Balaban J connectivity index is 2.11. The zero-order chi connectivity index (χ0) is 23.5. The van der Waals surface area contributed by atoms with E-state index >= 15 is 0 Å². The van der Waals surface area contributed by atoms with Crippen LogP contribution in [0.4, 0.5) is 0 Å². The molecule has 0 radical (unpaired) electrons. The molecular formula is C28H40N2O2. The molecule has 4 nitrogen and oxygen atoms in total. The maximum atomic E-state index is 13.3. The van der Waals surface area contributed by atoms with Gasteiger partial charge in [-0.1, -0.05) is 82.3 Å². The Kier molecular flexibility index (Phi) is 10.5. The van der Waals surface area contributed by atoms with Gasteiger partial charge in [-0.3, -0.25) is 9.59 Å². The van der Waals surface area contributed by atoms with Crippen molar-refractivity contribution in [3.8, 4) is 0 Å². The van der Waals surface area contributed by atoms with Crippen molar-refractivity contribution in [3.63, 3.8) is 0 Å². The summed E-state index contributed by atoms with van der Waals surface area (Å²) < 4.78 is 0. The Morgan fingerprint density at radius 1 is 0.844 bits per heavy atom. The molecule has 2 aromatic rings. The molecule has 0 heterocycles. The van der Waals surface area contributed by atoms with Crippen molar-refractivity contribution in [2.45, 2.75) is 84.7 Å². The minimum absolute atomic E-state index is 0.0417. The summed E-state index contributed by atoms with van der Waals surface area (Å²) in [5.41, 5.74) is 3.63. The third kappa shape index (κ3) is 7.81. The van der Waals surface area contributed by atoms with Crippen molar-refractivity contribution in [1.82, 2.24) is 10.2 Å². The summed E-state index contributed by atoms with van der Waals surface area (Å²) in [6, 6.07) is 18.3. The highest BCUT2D eigenvalue weighted by molar-refractivity contribution is 5.88. The Hall–Kier alpha value is -2.62. The number of nitrogens with one attached hydrogen (secondary N) is 1. The summed E-state index contributed by atoms with van der Waals surface area (Å²) in [7, 11) is 0. The van der Waals surface area contributed by atoms with Gasteiger partial charge in [-0.25, -0.2) is 0 Å². The standard InChI is InChI=1S/C28H40N2O2/c1-6-22(5)29-28(32)26(7-2)30(20-19-23-11-9-8-10-12-23)27(31)18-15-24-13-16-25(17-14-24)21(3)4/h8-14,16-17,21-22,26H,6-7,15,18-20H2,1-5H3,(H,29,32)/t22-,26-/m0/s1. The molecule has 2 rings (SSSR count). The smallest absolute Gasteiger partial charge is 0.243 e. The minimum atomic E-state index is -0.441. The number of benzene rings is 2. The number of rotatable bonds is 12. The molecule has 0 spiro atoms. The van der Waals surface area contributed by atoms with Gasteiger partial charge in [0.05, 0.1) is 0 Å². The normalized spacial score (nSPS) is 12.9. The molecule has 32 heavy (non-hydrogen) atoms. The van der Waals surface area contributed by atoms with E-state index < -0.39 is 6.04 Å². The van der Waals surface area contributed by atoms with Crippen LogP contribution in [0.1, 0.15) is 76.5 Å². The lowest BCUT2D eigenvalue weighted by atomic mass is 10.00. The van der Waals surface area contributed by atoms with Crippen LogP contribution in [0.2, 0.25) is 0 Å². The van der Waals surface area contributed by atoms with Gasteiger partial charge in [-0.2, -0.15) is 0 Å². The van der Waals surface area contributed by atoms with Crippen LogP contribution in [-0.2, 0) is 22.4 Å². The van der Waals surface area contributed by atoms with Crippen molar-refractivity contribution in [2.24, 2.45) is 0 Å². The van der Waals surface area contributed by atoms with E-state index in [2.05, 4.69) is 62.5 Å². The van der Waals surface area contributed by atoms with Crippen molar-refractivity contribution < 1.29 is 9.59 Å². The summed E-state index contributed by atoms with van der Waals surface area (Å²) in [5, 5.41) is 3.07. The summed E-state index contributed by atoms with van der Waals surface area (Å²) in [6.45, 7) is 10.9. The van der Waals surface area contributed by atoms with Gasteiger partial charge in [0.25, 0.3) is 0 Å². The zero-order valence-corrected chi connectivity index (χ0v) is 20.4. The van der Waals surface area contributed by atoms with Gasteiger partial charge in [-0.15, -0.1) is 0 Å². The van der Waals surface area contributed by atoms with E-state index in [1.165, 1.54) is 11.1 Å². The molecule has 174 valence electrons. The average molecular weight is 437 g/mol. The molecule has 0 aliphatic rings. The second-order valence-electron chi connectivity index (χ2n) is 8.96. The SMILES string of the molecule is CC[C@H](C)NC(=O)[C@H](CC)N(CCc1ccccc1)C(=O)CCc1ccc(C(C)C)cc1. The fourth-order valence-electron chi connectivity index (χ4n) is 3.80. The first kappa shape index (κ1) is 25.6. The molecule has 0 saturated carbocycles. The van der Waals surface area contributed by atoms with Gasteiger partial charge in [0.2, 0.25) is 11.8 Å². The van der Waals surface area contributed by atoms with E-state index in [4.69, 9.17) is 0 Å². The molecule has 0 fully saturated rings. The Labute approximate surface area is 194 Å². The van der Waals surface area contributed by atoms with Gasteiger partial charge in [0, 0.05) is 19.0 Å². The summed E-state index contributed by atoms with van der Waals surface area (Å²) in [6.07, 6.45) is 3.30. The van der Waals surface area contributed by atoms with Crippen LogP contribution in [0.3, 0.4) is 0 Å². The third-order valence-corrected chi connectivity index (χ3v) is 6.15. The van der Waals surface area contributed by atoms with E-state index in [-0.39, 0.29) is 17.9 Å². The predicted octanol–water partition coefficient (Wildman–Crippen LogP) is 5.51. The molecule has 2 amide bonds.